The number of carbonyl (C=O) groups excluding carboxylic acids is 1. The third-order valence-electron chi connectivity index (χ3n) is 4.94. The van der Waals surface area contributed by atoms with E-state index in [9.17, 15) is 13.2 Å². The largest absolute Gasteiger partial charge is 0.497 e. The number of carbonyl (C=O) groups is 1. The van der Waals surface area contributed by atoms with Crippen LogP contribution < -0.4 is 14.4 Å². The molecule has 158 valence electrons. The van der Waals surface area contributed by atoms with E-state index in [-0.39, 0.29) is 5.91 Å². The maximum atomic E-state index is 12.8. The number of nitrogens with zero attached hydrogens (tertiary/aromatic N) is 1. The van der Waals surface area contributed by atoms with Gasteiger partial charge in [-0.15, -0.1) is 0 Å². The van der Waals surface area contributed by atoms with Gasteiger partial charge in [0.25, 0.3) is 0 Å². The van der Waals surface area contributed by atoms with E-state index in [0.29, 0.717) is 29.7 Å². The predicted octanol–water partition coefficient (Wildman–Crippen LogP) is 3.42. The number of rotatable bonds is 10. The number of thioether (sulfide) groups is 1. The second kappa shape index (κ2) is 11.0. The molecule has 0 radical (unpaired) electrons. The molecule has 1 N–H and O–H groups in total. The van der Waals surface area contributed by atoms with Crippen LogP contribution in [-0.2, 0) is 14.8 Å². The van der Waals surface area contributed by atoms with E-state index in [1.165, 1.54) is 43.5 Å². The van der Waals surface area contributed by atoms with Crippen molar-refractivity contribution in [3.05, 3.63) is 24.3 Å². The molecule has 0 spiro atoms. The molecule has 1 aromatic rings. The zero-order valence-electron chi connectivity index (χ0n) is 17.0. The molecule has 6 nitrogen and oxygen atoms in total. The van der Waals surface area contributed by atoms with Gasteiger partial charge in [-0.2, -0.15) is 11.8 Å². The lowest BCUT2D eigenvalue weighted by molar-refractivity contribution is -0.122. The van der Waals surface area contributed by atoms with Crippen LogP contribution in [-0.4, -0.2) is 51.3 Å². The van der Waals surface area contributed by atoms with Gasteiger partial charge in [-0.05, 0) is 31.4 Å². The highest BCUT2D eigenvalue weighted by molar-refractivity contribution is 7.99. The summed E-state index contributed by atoms with van der Waals surface area (Å²) in [6.45, 7) is 2.37. The van der Waals surface area contributed by atoms with Gasteiger partial charge in [0.15, 0.2) is 0 Å². The molecule has 28 heavy (non-hydrogen) atoms. The second-order valence-corrected chi connectivity index (χ2v) is 10.4. The fraction of sp³-hybridized carbons (Fsp3) is 0.650. The molecule has 1 aliphatic carbocycles. The smallest absolute Gasteiger partial charge is 0.243 e. The molecular formula is C20H32N2O4S2. The van der Waals surface area contributed by atoms with Gasteiger partial charge in [0, 0.05) is 23.6 Å². The van der Waals surface area contributed by atoms with E-state index in [2.05, 4.69) is 5.32 Å². The van der Waals surface area contributed by atoms with Gasteiger partial charge in [0.1, 0.15) is 11.8 Å². The first kappa shape index (κ1) is 22.9. The number of ether oxygens (including phenoxy) is 1. The molecule has 1 aromatic carbocycles. The van der Waals surface area contributed by atoms with E-state index in [1.807, 2.05) is 18.7 Å². The zero-order chi connectivity index (χ0) is 20.6. The van der Waals surface area contributed by atoms with E-state index in [0.717, 1.165) is 12.0 Å². The lowest BCUT2D eigenvalue weighted by Crippen LogP contribution is -2.49. The standard InChI is InChI=1S/C20H32N2O4S2/c1-4-19(20(23)21-13-14-27-18-11-6-5-7-12-18)22(28(3,24)25)16-9-8-10-17(15-16)26-2/h8-10,15,18-19H,4-7,11-14H2,1-3H3,(H,21,23)/t19-/m0/s1. The monoisotopic (exact) mass is 428 g/mol. The quantitative estimate of drug-likeness (QED) is 0.578. The highest BCUT2D eigenvalue weighted by Crippen LogP contribution is 2.28. The molecule has 0 heterocycles. The predicted molar refractivity (Wildman–Crippen MR) is 117 cm³/mol. The molecular weight excluding hydrogens is 396 g/mol. The number of amides is 1. The minimum Gasteiger partial charge on any atom is -0.497 e. The Labute approximate surface area is 173 Å². The summed E-state index contributed by atoms with van der Waals surface area (Å²) in [6, 6.07) is 5.99. The third-order valence-corrected chi connectivity index (χ3v) is 7.51. The van der Waals surface area contributed by atoms with Crippen LogP contribution in [0.15, 0.2) is 24.3 Å². The Bertz CT molecular complexity index is 733. The summed E-state index contributed by atoms with van der Waals surface area (Å²) in [6.07, 6.45) is 7.95. The van der Waals surface area contributed by atoms with Crippen LogP contribution in [0.5, 0.6) is 5.75 Å². The summed E-state index contributed by atoms with van der Waals surface area (Å²) in [5.41, 5.74) is 0.431. The summed E-state index contributed by atoms with van der Waals surface area (Å²) in [4.78, 5) is 12.8. The van der Waals surface area contributed by atoms with Crippen LogP contribution in [0.3, 0.4) is 0 Å². The third kappa shape index (κ3) is 6.58. The van der Waals surface area contributed by atoms with E-state index in [4.69, 9.17) is 4.74 Å². The van der Waals surface area contributed by atoms with Crippen molar-refractivity contribution in [1.82, 2.24) is 5.32 Å². The molecule has 0 bridgehead atoms. The highest BCUT2D eigenvalue weighted by Gasteiger charge is 2.31. The number of hydrogen-bond acceptors (Lipinski definition) is 5. The topological polar surface area (TPSA) is 75.7 Å². The summed E-state index contributed by atoms with van der Waals surface area (Å²) in [5, 5.41) is 3.62. The van der Waals surface area contributed by atoms with Crippen molar-refractivity contribution in [3.63, 3.8) is 0 Å². The highest BCUT2D eigenvalue weighted by atomic mass is 32.2. The van der Waals surface area contributed by atoms with Gasteiger partial charge in [0.2, 0.25) is 15.9 Å². The molecule has 0 saturated heterocycles. The molecule has 0 aliphatic heterocycles. The van der Waals surface area contributed by atoms with Crippen molar-refractivity contribution in [2.75, 3.05) is 30.0 Å². The Morgan fingerprint density at radius 2 is 2.04 bits per heavy atom. The molecule has 1 aliphatic rings. The fourth-order valence-electron chi connectivity index (χ4n) is 3.56. The van der Waals surface area contributed by atoms with Crippen LogP contribution in [0.1, 0.15) is 45.4 Å². The first-order valence-electron chi connectivity index (χ1n) is 9.89. The Morgan fingerprint density at radius 3 is 2.64 bits per heavy atom. The Kier molecular flexibility index (Phi) is 8.95. The number of hydrogen-bond donors (Lipinski definition) is 1. The van der Waals surface area contributed by atoms with Gasteiger partial charge in [-0.1, -0.05) is 32.3 Å². The Balaban J connectivity index is 2.02. The van der Waals surface area contributed by atoms with Crippen LogP contribution in [0.4, 0.5) is 5.69 Å². The summed E-state index contributed by atoms with van der Waals surface area (Å²) >= 11 is 1.91. The van der Waals surface area contributed by atoms with E-state index < -0.39 is 16.1 Å². The maximum absolute atomic E-state index is 12.8. The van der Waals surface area contributed by atoms with Crippen molar-refractivity contribution in [1.29, 1.82) is 0 Å². The Hall–Kier alpha value is -1.41. The van der Waals surface area contributed by atoms with Crippen molar-refractivity contribution in [2.45, 2.75) is 56.7 Å². The van der Waals surface area contributed by atoms with Gasteiger partial charge in [-0.3, -0.25) is 9.10 Å². The fourth-order valence-corrected chi connectivity index (χ4v) is 5.98. The van der Waals surface area contributed by atoms with Gasteiger partial charge < -0.3 is 10.1 Å². The molecule has 0 unspecified atom stereocenters. The SMILES string of the molecule is CC[C@@H](C(=O)NCCSC1CCCCC1)N(c1cccc(OC)c1)S(C)(=O)=O. The van der Waals surface area contributed by atoms with Gasteiger partial charge >= 0.3 is 0 Å². The first-order valence-corrected chi connectivity index (χ1v) is 12.8. The molecule has 1 saturated carbocycles. The van der Waals surface area contributed by atoms with Crippen molar-refractivity contribution < 1.29 is 17.9 Å². The van der Waals surface area contributed by atoms with Gasteiger partial charge in [-0.25, -0.2) is 8.42 Å². The summed E-state index contributed by atoms with van der Waals surface area (Å²) < 4.78 is 31.3. The van der Waals surface area contributed by atoms with E-state index in [1.54, 1.807) is 24.3 Å². The minimum absolute atomic E-state index is 0.264. The number of nitrogens with one attached hydrogen (secondary N) is 1. The number of benzene rings is 1. The summed E-state index contributed by atoms with van der Waals surface area (Å²) in [5.74, 6) is 1.13. The lowest BCUT2D eigenvalue weighted by atomic mass is 10.0. The van der Waals surface area contributed by atoms with Crippen LogP contribution in [0, 0.1) is 0 Å². The molecule has 2 rings (SSSR count). The molecule has 1 amide bonds. The van der Waals surface area contributed by atoms with Crippen LogP contribution >= 0.6 is 11.8 Å². The lowest BCUT2D eigenvalue weighted by Gasteiger charge is -2.30. The average Bonchev–Trinajstić information content (AvgIpc) is 2.69. The van der Waals surface area contributed by atoms with Crippen LogP contribution in [0.2, 0.25) is 0 Å². The van der Waals surface area contributed by atoms with E-state index >= 15 is 0 Å². The average molecular weight is 429 g/mol. The number of sulfonamides is 1. The first-order chi connectivity index (χ1) is 13.4. The molecule has 1 fully saturated rings. The zero-order valence-corrected chi connectivity index (χ0v) is 18.7. The number of anilines is 1. The normalized spacial score (nSPS) is 16.4. The number of methoxy groups -OCH3 is 1. The van der Waals surface area contributed by atoms with Crippen molar-refractivity contribution >= 4 is 33.4 Å². The summed E-state index contributed by atoms with van der Waals surface area (Å²) in [7, 11) is -2.11. The Morgan fingerprint density at radius 1 is 1.32 bits per heavy atom. The molecule has 0 aromatic heterocycles. The second-order valence-electron chi connectivity index (χ2n) is 7.11. The molecule has 8 heteroatoms. The van der Waals surface area contributed by atoms with Crippen LogP contribution in [0.25, 0.3) is 0 Å². The van der Waals surface area contributed by atoms with Gasteiger partial charge in [0.05, 0.1) is 19.1 Å². The minimum atomic E-state index is -3.64. The molecule has 1 atom stereocenters. The van der Waals surface area contributed by atoms with Crippen molar-refractivity contribution in [2.24, 2.45) is 0 Å². The van der Waals surface area contributed by atoms with Crippen molar-refractivity contribution in [3.8, 4) is 5.75 Å². The maximum Gasteiger partial charge on any atom is 0.243 e.